The molecule has 0 aliphatic heterocycles. The van der Waals surface area contributed by atoms with Crippen LogP contribution in [0.2, 0.25) is 0 Å². The molecule has 0 fully saturated rings. The number of aliphatic hydroxyl groups is 1. The molecule has 2 amide bonds. The highest BCUT2D eigenvalue weighted by molar-refractivity contribution is 5.70. The number of amides is 2. The van der Waals surface area contributed by atoms with E-state index in [1.165, 1.54) is 0 Å². The van der Waals surface area contributed by atoms with Crippen molar-refractivity contribution >= 4 is 12.2 Å². The fourth-order valence-electron chi connectivity index (χ4n) is 1.84. The van der Waals surface area contributed by atoms with E-state index >= 15 is 0 Å². The summed E-state index contributed by atoms with van der Waals surface area (Å²) in [6.45, 7) is 11.1. The monoisotopic (exact) mass is 383 g/mol. The van der Waals surface area contributed by atoms with Gasteiger partial charge < -0.3 is 25.2 Å². The minimum atomic E-state index is -0.668. The number of hydrogen-bond acceptors (Lipinski definition) is 6. The Balaban J connectivity index is 4.55. The first-order valence-electron chi connectivity index (χ1n) is 8.90. The van der Waals surface area contributed by atoms with Crippen molar-refractivity contribution in [2.75, 3.05) is 13.1 Å². The summed E-state index contributed by atoms with van der Waals surface area (Å²) in [5.74, 6) is 2.13. The molecule has 0 unspecified atom stereocenters. The van der Waals surface area contributed by atoms with Gasteiger partial charge in [0.2, 0.25) is 5.88 Å². The number of nitrogens with one attached hydrogen (secondary N) is 3. The first-order chi connectivity index (χ1) is 12.3. The van der Waals surface area contributed by atoms with E-state index in [2.05, 4.69) is 21.9 Å². The molecule has 0 heterocycles. The third-order valence-electron chi connectivity index (χ3n) is 2.82. The van der Waals surface area contributed by atoms with Crippen molar-refractivity contribution < 1.29 is 24.2 Å². The minimum absolute atomic E-state index is 0.117. The zero-order valence-electron chi connectivity index (χ0n) is 17.2. The summed E-state index contributed by atoms with van der Waals surface area (Å²) < 4.78 is 10.3. The van der Waals surface area contributed by atoms with E-state index < -0.39 is 23.4 Å². The third-order valence-corrected chi connectivity index (χ3v) is 2.82. The van der Waals surface area contributed by atoms with Crippen LogP contribution in [-0.2, 0) is 9.47 Å². The Morgan fingerprint density at radius 3 is 2.04 bits per heavy atom. The zero-order chi connectivity index (χ0) is 21.1. The van der Waals surface area contributed by atoms with Crippen LogP contribution >= 0.6 is 0 Å². The highest BCUT2D eigenvalue weighted by atomic mass is 16.6. The van der Waals surface area contributed by atoms with Crippen LogP contribution in [0.5, 0.6) is 0 Å². The fraction of sp³-hybridized carbons (Fsp3) is 0.684. The smallest absolute Gasteiger partial charge is 0.412 e. The average molecular weight is 383 g/mol. The summed E-state index contributed by atoms with van der Waals surface area (Å²) >= 11 is 0. The van der Waals surface area contributed by atoms with E-state index in [-0.39, 0.29) is 18.1 Å². The standard InChI is InChI=1S/C19H33N3O5/c1-8-12-20-15(23)14(22-17(25)27-19(5,6)7)11-9-10-13-21-16(24)26-18(2,3)4/h1,20,23H,9-13H2,2-7H3,(H,21,24)(H,22,25). The Hall–Kier alpha value is -2.56. The molecule has 0 rings (SSSR count). The number of allylic oxidation sites excluding steroid dienone is 1. The van der Waals surface area contributed by atoms with Crippen LogP contribution in [0.4, 0.5) is 9.59 Å². The summed E-state index contributed by atoms with van der Waals surface area (Å²) in [6.07, 6.45) is 5.60. The van der Waals surface area contributed by atoms with Gasteiger partial charge in [-0.1, -0.05) is 5.92 Å². The van der Waals surface area contributed by atoms with E-state index in [1.807, 2.05) is 0 Å². The summed E-state index contributed by atoms with van der Waals surface area (Å²) in [6, 6.07) is 0. The largest absolute Gasteiger partial charge is 0.494 e. The molecule has 0 aromatic heterocycles. The summed E-state index contributed by atoms with van der Waals surface area (Å²) in [5, 5.41) is 17.9. The van der Waals surface area contributed by atoms with Gasteiger partial charge in [-0.05, 0) is 60.8 Å². The molecule has 27 heavy (non-hydrogen) atoms. The van der Waals surface area contributed by atoms with Gasteiger partial charge in [0, 0.05) is 6.54 Å². The molecule has 8 nitrogen and oxygen atoms in total. The van der Waals surface area contributed by atoms with Crippen molar-refractivity contribution in [3.05, 3.63) is 11.6 Å². The number of aliphatic hydroxyl groups excluding tert-OH is 1. The summed E-state index contributed by atoms with van der Waals surface area (Å²) in [5.41, 5.74) is -0.933. The van der Waals surface area contributed by atoms with Gasteiger partial charge in [0.1, 0.15) is 11.2 Å². The van der Waals surface area contributed by atoms with Gasteiger partial charge in [0.05, 0.1) is 12.2 Å². The molecule has 4 N–H and O–H groups in total. The normalized spacial score (nSPS) is 12.3. The second-order valence-electron chi connectivity index (χ2n) is 7.90. The molecule has 0 saturated carbocycles. The number of hydrogen-bond donors (Lipinski definition) is 4. The number of rotatable bonds is 8. The number of alkyl carbamates (subject to hydrolysis) is 2. The van der Waals surface area contributed by atoms with Gasteiger partial charge in [-0.15, -0.1) is 6.42 Å². The maximum absolute atomic E-state index is 11.9. The third kappa shape index (κ3) is 14.3. The zero-order valence-corrected chi connectivity index (χ0v) is 17.2. The molecular weight excluding hydrogens is 350 g/mol. The first-order valence-corrected chi connectivity index (χ1v) is 8.90. The molecule has 0 atom stereocenters. The van der Waals surface area contributed by atoms with Gasteiger partial charge in [-0.2, -0.15) is 0 Å². The van der Waals surface area contributed by atoms with E-state index in [1.54, 1.807) is 41.5 Å². The predicted molar refractivity (Wildman–Crippen MR) is 104 cm³/mol. The van der Waals surface area contributed by atoms with Crippen molar-refractivity contribution in [3.8, 4) is 12.3 Å². The van der Waals surface area contributed by atoms with Crippen molar-refractivity contribution in [2.24, 2.45) is 0 Å². The van der Waals surface area contributed by atoms with E-state index in [4.69, 9.17) is 15.9 Å². The first kappa shape index (κ1) is 24.4. The molecule has 0 bridgehead atoms. The van der Waals surface area contributed by atoms with Gasteiger partial charge in [-0.3, -0.25) is 5.32 Å². The van der Waals surface area contributed by atoms with Crippen molar-refractivity contribution in [1.29, 1.82) is 0 Å². The molecule has 8 heteroatoms. The molecule has 0 aromatic carbocycles. The van der Waals surface area contributed by atoms with Crippen LogP contribution in [0, 0.1) is 12.3 Å². The maximum atomic E-state index is 11.9. The van der Waals surface area contributed by atoms with E-state index in [0.717, 1.165) is 0 Å². The lowest BCUT2D eigenvalue weighted by atomic mass is 10.2. The lowest BCUT2D eigenvalue weighted by Crippen LogP contribution is -2.34. The lowest BCUT2D eigenvalue weighted by molar-refractivity contribution is 0.0523. The van der Waals surface area contributed by atoms with Crippen molar-refractivity contribution in [2.45, 2.75) is 72.0 Å². The van der Waals surface area contributed by atoms with E-state index in [9.17, 15) is 14.7 Å². The number of carbonyl (C=O) groups is 2. The highest BCUT2D eigenvalue weighted by Crippen LogP contribution is 2.11. The molecule has 0 aliphatic rings. The van der Waals surface area contributed by atoms with Crippen LogP contribution in [0.25, 0.3) is 0 Å². The maximum Gasteiger partial charge on any atom is 0.412 e. The van der Waals surface area contributed by atoms with Crippen LogP contribution in [-0.4, -0.2) is 41.6 Å². The Morgan fingerprint density at radius 2 is 1.52 bits per heavy atom. The second kappa shape index (κ2) is 11.2. The molecule has 0 spiro atoms. The Labute approximate surface area is 162 Å². The Morgan fingerprint density at radius 1 is 0.963 bits per heavy atom. The molecule has 154 valence electrons. The lowest BCUT2D eigenvalue weighted by Gasteiger charge is -2.21. The van der Waals surface area contributed by atoms with Crippen molar-refractivity contribution in [3.63, 3.8) is 0 Å². The van der Waals surface area contributed by atoms with Gasteiger partial charge in [0.15, 0.2) is 0 Å². The second-order valence-corrected chi connectivity index (χ2v) is 7.90. The number of terminal acetylenes is 1. The quantitative estimate of drug-likeness (QED) is 0.291. The number of carbonyl (C=O) groups excluding carboxylic acids is 2. The van der Waals surface area contributed by atoms with Crippen molar-refractivity contribution in [1.82, 2.24) is 16.0 Å². The van der Waals surface area contributed by atoms with Crippen LogP contribution < -0.4 is 16.0 Å². The summed E-state index contributed by atoms with van der Waals surface area (Å²) in [7, 11) is 0. The molecule has 0 saturated heterocycles. The van der Waals surface area contributed by atoms with Crippen LogP contribution in [0.1, 0.15) is 60.8 Å². The Kier molecular flexibility index (Phi) is 10.2. The fourth-order valence-corrected chi connectivity index (χ4v) is 1.84. The predicted octanol–water partition coefficient (Wildman–Crippen LogP) is 3.16. The van der Waals surface area contributed by atoms with Crippen LogP contribution in [0.15, 0.2) is 11.6 Å². The molecular formula is C19H33N3O5. The topological polar surface area (TPSA) is 109 Å². The molecule has 0 aromatic rings. The minimum Gasteiger partial charge on any atom is -0.494 e. The van der Waals surface area contributed by atoms with Gasteiger partial charge in [0.25, 0.3) is 0 Å². The summed E-state index contributed by atoms with van der Waals surface area (Å²) in [4.78, 5) is 23.5. The SMILES string of the molecule is C#CCNC(O)=C(CCCCNC(=O)OC(C)(C)C)NC(=O)OC(C)(C)C. The Bertz CT molecular complexity index is 565. The van der Waals surface area contributed by atoms with Gasteiger partial charge >= 0.3 is 12.2 Å². The average Bonchev–Trinajstić information content (AvgIpc) is 2.47. The van der Waals surface area contributed by atoms with Crippen LogP contribution in [0.3, 0.4) is 0 Å². The van der Waals surface area contributed by atoms with E-state index in [0.29, 0.717) is 25.8 Å². The highest BCUT2D eigenvalue weighted by Gasteiger charge is 2.19. The molecule has 0 radical (unpaired) electrons. The van der Waals surface area contributed by atoms with Gasteiger partial charge in [-0.25, -0.2) is 9.59 Å². The number of ether oxygens (including phenoxy) is 2. The molecule has 0 aliphatic carbocycles. The number of unbranched alkanes of at least 4 members (excludes halogenated alkanes) is 1.